The van der Waals surface area contributed by atoms with E-state index in [1.54, 1.807) is 37.5 Å². The van der Waals surface area contributed by atoms with E-state index in [2.05, 4.69) is 10.2 Å². The maximum atomic E-state index is 13.3. The number of hydrogen-bond donors (Lipinski definition) is 0. The van der Waals surface area contributed by atoms with E-state index in [9.17, 15) is 14.0 Å². The number of para-hydroxylation sites is 1. The standard InChI is InChI=1S/C22H22FN3O3S/c1-22(2,3)18(27)13-29-19(28)14-30-21-25-24-20(15-9-11-16(23)12-10-15)26(21)17-7-5-4-6-8-17/h4-12H,13-14H2,1-3H3. The first-order chi connectivity index (χ1) is 14.3. The van der Waals surface area contributed by atoms with Gasteiger partial charge in [0.25, 0.3) is 0 Å². The summed E-state index contributed by atoms with van der Waals surface area (Å²) in [6.45, 7) is 5.07. The molecular weight excluding hydrogens is 405 g/mol. The molecule has 0 atom stereocenters. The predicted octanol–water partition coefficient (Wildman–Crippen LogP) is 4.32. The van der Waals surface area contributed by atoms with Crippen molar-refractivity contribution in [1.29, 1.82) is 0 Å². The molecule has 0 saturated heterocycles. The minimum absolute atomic E-state index is 0.0220. The van der Waals surface area contributed by atoms with Crippen molar-refractivity contribution in [3.8, 4) is 17.1 Å². The Morgan fingerprint density at radius 3 is 2.33 bits per heavy atom. The average Bonchev–Trinajstić information content (AvgIpc) is 3.14. The fourth-order valence-corrected chi connectivity index (χ4v) is 3.24. The normalized spacial score (nSPS) is 11.3. The van der Waals surface area contributed by atoms with Crippen LogP contribution in [0.4, 0.5) is 4.39 Å². The van der Waals surface area contributed by atoms with Crippen LogP contribution in [-0.2, 0) is 14.3 Å². The summed E-state index contributed by atoms with van der Waals surface area (Å²) in [7, 11) is 0. The maximum absolute atomic E-state index is 13.3. The van der Waals surface area contributed by atoms with Gasteiger partial charge in [-0.3, -0.25) is 14.2 Å². The molecule has 0 N–H and O–H groups in total. The molecule has 2 aromatic carbocycles. The van der Waals surface area contributed by atoms with E-state index in [1.165, 1.54) is 12.1 Å². The molecule has 1 heterocycles. The van der Waals surface area contributed by atoms with Gasteiger partial charge in [-0.15, -0.1) is 10.2 Å². The molecule has 0 fully saturated rings. The monoisotopic (exact) mass is 427 g/mol. The third-order valence-corrected chi connectivity index (χ3v) is 5.17. The van der Waals surface area contributed by atoms with Crippen LogP contribution < -0.4 is 0 Å². The van der Waals surface area contributed by atoms with Gasteiger partial charge in [-0.2, -0.15) is 0 Å². The SMILES string of the molecule is CC(C)(C)C(=O)COC(=O)CSc1nnc(-c2ccc(F)cc2)n1-c1ccccc1. The molecule has 30 heavy (non-hydrogen) atoms. The number of nitrogens with zero attached hydrogens (tertiary/aromatic N) is 3. The van der Waals surface area contributed by atoms with Gasteiger partial charge in [0.05, 0.1) is 5.75 Å². The smallest absolute Gasteiger partial charge is 0.316 e. The number of halogens is 1. The van der Waals surface area contributed by atoms with Crippen LogP contribution >= 0.6 is 11.8 Å². The Morgan fingerprint density at radius 2 is 1.70 bits per heavy atom. The Kier molecular flexibility index (Phi) is 6.66. The zero-order chi connectivity index (χ0) is 21.7. The van der Waals surface area contributed by atoms with Crippen molar-refractivity contribution in [1.82, 2.24) is 14.8 Å². The predicted molar refractivity (Wildman–Crippen MR) is 113 cm³/mol. The van der Waals surface area contributed by atoms with Crippen molar-refractivity contribution >= 4 is 23.5 Å². The molecule has 0 aliphatic rings. The number of ether oxygens (including phenoxy) is 1. The van der Waals surface area contributed by atoms with Gasteiger partial charge in [-0.1, -0.05) is 50.7 Å². The number of rotatable bonds is 7. The first-order valence-corrected chi connectivity index (χ1v) is 10.3. The van der Waals surface area contributed by atoms with E-state index in [4.69, 9.17) is 4.74 Å². The lowest BCUT2D eigenvalue weighted by Gasteiger charge is -2.16. The maximum Gasteiger partial charge on any atom is 0.316 e. The summed E-state index contributed by atoms with van der Waals surface area (Å²) in [5, 5.41) is 8.93. The van der Waals surface area contributed by atoms with Crippen LogP contribution in [0.25, 0.3) is 17.1 Å². The lowest BCUT2D eigenvalue weighted by atomic mass is 9.91. The first kappa shape index (κ1) is 21.7. The van der Waals surface area contributed by atoms with Gasteiger partial charge >= 0.3 is 5.97 Å². The minimum atomic E-state index is -0.565. The third-order valence-electron chi connectivity index (χ3n) is 4.27. The van der Waals surface area contributed by atoms with Crippen LogP contribution in [0.5, 0.6) is 0 Å². The second kappa shape index (κ2) is 9.21. The number of aromatic nitrogens is 3. The van der Waals surface area contributed by atoms with E-state index in [0.29, 0.717) is 16.5 Å². The van der Waals surface area contributed by atoms with Crippen LogP contribution in [0.2, 0.25) is 0 Å². The Labute approximate surface area is 178 Å². The molecule has 0 aliphatic heterocycles. The molecule has 0 radical (unpaired) electrons. The minimum Gasteiger partial charge on any atom is -0.457 e. The first-order valence-electron chi connectivity index (χ1n) is 9.34. The molecule has 0 bridgehead atoms. The molecule has 0 amide bonds. The van der Waals surface area contributed by atoms with Gasteiger partial charge in [-0.05, 0) is 36.4 Å². The van der Waals surface area contributed by atoms with Crippen LogP contribution in [0.15, 0.2) is 59.8 Å². The van der Waals surface area contributed by atoms with E-state index in [1.807, 2.05) is 30.3 Å². The molecule has 1 aromatic heterocycles. The highest BCUT2D eigenvalue weighted by atomic mass is 32.2. The fraction of sp³-hybridized carbons (Fsp3) is 0.273. The van der Waals surface area contributed by atoms with Crippen LogP contribution in [0, 0.1) is 11.2 Å². The summed E-state index contributed by atoms with van der Waals surface area (Å²) in [6, 6.07) is 15.4. The Balaban J connectivity index is 1.79. The van der Waals surface area contributed by atoms with Gasteiger partial charge in [0.15, 0.2) is 23.4 Å². The quantitative estimate of drug-likeness (QED) is 0.413. The van der Waals surface area contributed by atoms with E-state index in [-0.39, 0.29) is 24.0 Å². The average molecular weight is 428 g/mol. The molecule has 0 saturated carbocycles. The van der Waals surface area contributed by atoms with Crippen molar-refractivity contribution in [2.45, 2.75) is 25.9 Å². The van der Waals surface area contributed by atoms with Gasteiger partial charge in [0.1, 0.15) is 5.82 Å². The number of hydrogen-bond acceptors (Lipinski definition) is 6. The summed E-state index contributed by atoms with van der Waals surface area (Å²) in [4.78, 5) is 24.0. The van der Waals surface area contributed by atoms with Gasteiger partial charge in [0.2, 0.25) is 0 Å². The van der Waals surface area contributed by atoms with Crippen LogP contribution in [-0.4, -0.2) is 38.9 Å². The van der Waals surface area contributed by atoms with Crippen molar-refractivity contribution < 1.29 is 18.7 Å². The van der Waals surface area contributed by atoms with Crippen LogP contribution in [0.3, 0.4) is 0 Å². The summed E-state index contributed by atoms with van der Waals surface area (Å²) in [5.41, 5.74) is 0.934. The Hall–Kier alpha value is -3.00. The highest BCUT2D eigenvalue weighted by molar-refractivity contribution is 7.99. The molecule has 6 nitrogen and oxygen atoms in total. The zero-order valence-corrected chi connectivity index (χ0v) is 17.8. The highest BCUT2D eigenvalue weighted by Crippen LogP contribution is 2.28. The second-order valence-corrected chi connectivity index (χ2v) is 8.55. The molecule has 156 valence electrons. The number of Topliss-reactive ketones (excluding diaryl/α,β-unsaturated/α-hetero) is 1. The third kappa shape index (κ3) is 5.33. The molecule has 0 spiro atoms. The van der Waals surface area contributed by atoms with Gasteiger partial charge in [-0.25, -0.2) is 4.39 Å². The highest BCUT2D eigenvalue weighted by Gasteiger charge is 2.23. The molecule has 0 aliphatic carbocycles. The second-order valence-electron chi connectivity index (χ2n) is 7.61. The molecule has 0 unspecified atom stereocenters. The number of thioether (sulfide) groups is 1. The number of esters is 1. The zero-order valence-electron chi connectivity index (χ0n) is 17.0. The lowest BCUT2D eigenvalue weighted by molar-refractivity contribution is -0.147. The van der Waals surface area contributed by atoms with Gasteiger partial charge < -0.3 is 4.74 Å². The Morgan fingerprint density at radius 1 is 1.03 bits per heavy atom. The van der Waals surface area contributed by atoms with Crippen molar-refractivity contribution in [3.63, 3.8) is 0 Å². The van der Waals surface area contributed by atoms with Crippen molar-refractivity contribution in [2.75, 3.05) is 12.4 Å². The number of carbonyl (C=O) groups is 2. The largest absolute Gasteiger partial charge is 0.457 e. The molecule has 8 heteroatoms. The van der Waals surface area contributed by atoms with Crippen molar-refractivity contribution in [3.05, 3.63) is 60.4 Å². The summed E-state index contributed by atoms with van der Waals surface area (Å²) < 4.78 is 20.2. The fourth-order valence-electron chi connectivity index (χ4n) is 2.49. The Bertz CT molecular complexity index is 1030. The topological polar surface area (TPSA) is 74.1 Å². The molecule has 3 rings (SSSR count). The molecule has 3 aromatic rings. The van der Waals surface area contributed by atoms with Gasteiger partial charge in [0, 0.05) is 16.7 Å². The van der Waals surface area contributed by atoms with E-state index >= 15 is 0 Å². The number of ketones is 1. The van der Waals surface area contributed by atoms with Crippen LogP contribution in [0.1, 0.15) is 20.8 Å². The van der Waals surface area contributed by atoms with E-state index in [0.717, 1.165) is 17.4 Å². The summed E-state index contributed by atoms with van der Waals surface area (Å²) in [5.74, 6) is -0.492. The number of carbonyl (C=O) groups excluding carboxylic acids is 2. The molecular formula is C22H22FN3O3S. The number of benzene rings is 2. The lowest BCUT2D eigenvalue weighted by Crippen LogP contribution is -2.26. The van der Waals surface area contributed by atoms with E-state index < -0.39 is 11.4 Å². The summed E-state index contributed by atoms with van der Waals surface area (Å²) in [6.07, 6.45) is 0. The summed E-state index contributed by atoms with van der Waals surface area (Å²) >= 11 is 1.16. The van der Waals surface area contributed by atoms with Crippen molar-refractivity contribution in [2.24, 2.45) is 5.41 Å².